The van der Waals surface area contributed by atoms with Crippen LogP contribution in [0, 0.1) is 0 Å². The summed E-state index contributed by atoms with van der Waals surface area (Å²) in [5.41, 5.74) is 1.25. The average Bonchev–Trinajstić information content (AvgIpc) is 3.80. The lowest BCUT2D eigenvalue weighted by molar-refractivity contribution is -0.127. The van der Waals surface area contributed by atoms with Gasteiger partial charge in [0.15, 0.2) is 11.5 Å². The molecule has 0 saturated heterocycles. The highest BCUT2D eigenvalue weighted by atomic mass is 32.1. The van der Waals surface area contributed by atoms with E-state index in [4.69, 9.17) is 14.2 Å². The first-order chi connectivity index (χ1) is 20.1. The van der Waals surface area contributed by atoms with Crippen LogP contribution in [-0.4, -0.2) is 58.4 Å². The molecule has 6 rings (SSSR count). The summed E-state index contributed by atoms with van der Waals surface area (Å²) >= 11 is 1.43. The van der Waals surface area contributed by atoms with Crippen LogP contribution in [0.25, 0.3) is 11.4 Å². The third-order valence-corrected chi connectivity index (χ3v) is 8.10. The van der Waals surface area contributed by atoms with Crippen molar-refractivity contribution in [3.05, 3.63) is 64.9 Å². The number of methoxy groups -OCH3 is 1. The van der Waals surface area contributed by atoms with Crippen molar-refractivity contribution >= 4 is 28.8 Å². The topological polar surface area (TPSA) is 121 Å². The molecule has 1 fully saturated rings. The van der Waals surface area contributed by atoms with Gasteiger partial charge in [-0.05, 0) is 65.9 Å². The van der Waals surface area contributed by atoms with Crippen molar-refractivity contribution in [1.82, 2.24) is 25.5 Å². The van der Waals surface area contributed by atoms with E-state index in [2.05, 4.69) is 20.7 Å². The minimum atomic E-state index is -0.893. The number of carbonyl (C=O) groups excluding carboxylic acids is 2. The fraction of sp³-hybridized carbons (Fsp3) is 0.345. The van der Waals surface area contributed by atoms with Crippen molar-refractivity contribution in [3.63, 3.8) is 0 Å². The minimum absolute atomic E-state index is 0.0891. The maximum absolute atomic E-state index is 14.1. The van der Waals surface area contributed by atoms with E-state index in [1.807, 2.05) is 29.6 Å². The van der Waals surface area contributed by atoms with Gasteiger partial charge in [0.05, 0.1) is 7.11 Å². The monoisotopic (exact) mass is 574 g/mol. The van der Waals surface area contributed by atoms with Crippen LogP contribution in [0.1, 0.15) is 36.6 Å². The smallest absolute Gasteiger partial charge is 0.251 e. The summed E-state index contributed by atoms with van der Waals surface area (Å²) in [7, 11) is 1.60. The van der Waals surface area contributed by atoms with E-state index in [0.29, 0.717) is 42.0 Å². The summed E-state index contributed by atoms with van der Waals surface area (Å²) in [5.74, 6) is 1.60. The number of thiophene rings is 1. The molecule has 41 heavy (non-hydrogen) atoms. The van der Waals surface area contributed by atoms with E-state index in [-0.39, 0.29) is 24.4 Å². The van der Waals surface area contributed by atoms with Crippen molar-refractivity contribution < 1.29 is 23.8 Å². The van der Waals surface area contributed by atoms with Gasteiger partial charge in [-0.25, -0.2) is 0 Å². The summed E-state index contributed by atoms with van der Waals surface area (Å²) < 4.78 is 16.7. The predicted octanol–water partition coefficient (Wildman–Crippen LogP) is 4.01. The molecule has 3 heterocycles. The van der Waals surface area contributed by atoms with Crippen LogP contribution < -0.4 is 24.4 Å². The Bertz CT molecular complexity index is 1500. The molecular weight excluding hydrogens is 544 g/mol. The lowest BCUT2D eigenvalue weighted by atomic mass is 10.1. The first-order valence-electron chi connectivity index (χ1n) is 13.6. The number of tetrazole rings is 1. The Hall–Kier alpha value is -4.45. The van der Waals surface area contributed by atoms with Gasteiger partial charge in [0.2, 0.25) is 11.7 Å². The van der Waals surface area contributed by atoms with Crippen molar-refractivity contribution in [3.8, 4) is 28.6 Å². The quantitative estimate of drug-likeness (QED) is 0.318. The Morgan fingerprint density at radius 1 is 1.10 bits per heavy atom. The summed E-state index contributed by atoms with van der Waals surface area (Å²) in [4.78, 5) is 31.5. The molecule has 1 aliphatic heterocycles. The molecule has 0 unspecified atom stereocenters. The summed E-state index contributed by atoms with van der Waals surface area (Å²) in [6.07, 6.45) is 4.01. The summed E-state index contributed by atoms with van der Waals surface area (Å²) in [5, 5.41) is 17.8. The fourth-order valence-electron chi connectivity index (χ4n) is 5.15. The number of ether oxygens (including phenoxy) is 3. The van der Waals surface area contributed by atoms with Crippen molar-refractivity contribution in [2.45, 2.75) is 44.3 Å². The Balaban J connectivity index is 1.33. The van der Waals surface area contributed by atoms with E-state index < -0.39 is 6.04 Å². The molecule has 212 valence electrons. The van der Waals surface area contributed by atoms with Crippen LogP contribution in [0.5, 0.6) is 17.2 Å². The second-order valence-corrected chi connectivity index (χ2v) is 10.9. The molecule has 1 N–H and O–H groups in total. The Kier molecular flexibility index (Phi) is 7.81. The average molecular weight is 575 g/mol. The van der Waals surface area contributed by atoms with Crippen LogP contribution in [0.3, 0.4) is 0 Å². The third-order valence-electron chi connectivity index (χ3n) is 7.17. The highest BCUT2D eigenvalue weighted by Crippen LogP contribution is 2.38. The van der Waals surface area contributed by atoms with Gasteiger partial charge in [-0.15, -0.1) is 21.5 Å². The molecule has 2 aromatic carbocycles. The number of amides is 2. The van der Waals surface area contributed by atoms with Gasteiger partial charge in [-0.2, -0.15) is 4.80 Å². The minimum Gasteiger partial charge on any atom is -0.497 e. The van der Waals surface area contributed by atoms with Crippen molar-refractivity contribution in [1.29, 1.82) is 0 Å². The van der Waals surface area contributed by atoms with E-state index in [1.54, 1.807) is 37.4 Å². The number of aromatic nitrogens is 4. The zero-order valence-corrected chi connectivity index (χ0v) is 23.4. The van der Waals surface area contributed by atoms with Crippen LogP contribution in [0.2, 0.25) is 0 Å². The Labute approximate surface area is 241 Å². The van der Waals surface area contributed by atoms with Gasteiger partial charge in [-0.3, -0.25) is 14.5 Å². The number of rotatable bonds is 9. The van der Waals surface area contributed by atoms with Gasteiger partial charge < -0.3 is 19.5 Å². The lowest BCUT2D eigenvalue weighted by Gasteiger charge is -2.32. The number of hydrogen-bond donors (Lipinski definition) is 1. The van der Waals surface area contributed by atoms with E-state index in [0.717, 1.165) is 36.1 Å². The number of benzene rings is 2. The standard InChI is InChI=1S/C29H30N6O5S/c1-38-22-11-8-19(9-12-22)28-31-33-34(32-28)18-26(36)35(21-10-13-23-24(17-21)40-15-14-39-23)27(25-7-4-16-41-25)29(37)30-20-5-2-3-6-20/h4,7-13,16-17,20,27H,2-3,5-6,14-15,18H2,1H3,(H,30,37)/t27-/m1/s1. The highest BCUT2D eigenvalue weighted by Gasteiger charge is 2.36. The summed E-state index contributed by atoms with van der Waals surface area (Å²) in [6, 6.07) is 15.5. The lowest BCUT2D eigenvalue weighted by Crippen LogP contribution is -2.47. The van der Waals surface area contributed by atoms with Crippen molar-refractivity contribution in [2.75, 3.05) is 25.2 Å². The van der Waals surface area contributed by atoms with Crippen LogP contribution in [0.4, 0.5) is 5.69 Å². The molecule has 12 heteroatoms. The fourth-order valence-corrected chi connectivity index (χ4v) is 5.97. The third kappa shape index (κ3) is 5.87. The number of hydrogen-bond acceptors (Lipinski definition) is 9. The number of nitrogens with zero attached hydrogens (tertiary/aromatic N) is 5. The van der Waals surface area contributed by atoms with Gasteiger partial charge in [-0.1, -0.05) is 18.9 Å². The molecule has 2 aromatic heterocycles. The second kappa shape index (κ2) is 12.0. The molecular formula is C29H30N6O5S. The van der Waals surface area contributed by atoms with Gasteiger partial charge in [0.1, 0.15) is 31.5 Å². The maximum Gasteiger partial charge on any atom is 0.251 e. The normalized spacial score (nSPS) is 15.3. The second-order valence-electron chi connectivity index (χ2n) is 9.87. The van der Waals surface area contributed by atoms with Crippen LogP contribution in [-0.2, 0) is 16.1 Å². The largest absolute Gasteiger partial charge is 0.497 e. The molecule has 2 amide bonds. The van der Waals surface area contributed by atoms with E-state index in [9.17, 15) is 9.59 Å². The molecule has 1 aliphatic carbocycles. The number of carbonyl (C=O) groups is 2. The molecule has 4 aromatic rings. The molecule has 0 bridgehead atoms. The van der Waals surface area contributed by atoms with Gasteiger partial charge in [0, 0.05) is 28.2 Å². The Morgan fingerprint density at radius 3 is 2.61 bits per heavy atom. The zero-order chi connectivity index (χ0) is 28.2. The summed E-state index contributed by atoms with van der Waals surface area (Å²) in [6.45, 7) is 0.624. The number of fused-ring (bicyclic) bond motifs is 1. The molecule has 1 saturated carbocycles. The molecule has 1 atom stereocenters. The van der Waals surface area contributed by atoms with Crippen LogP contribution in [0.15, 0.2) is 60.0 Å². The molecule has 0 radical (unpaired) electrons. The van der Waals surface area contributed by atoms with Crippen molar-refractivity contribution in [2.24, 2.45) is 0 Å². The number of nitrogens with one attached hydrogen (secondary N) is 1. The van der Waals surface area contributed by atoms with Gasteiger partial charge in [0.25, 0.3) is 5.91 Å². The molecule has 2 aliphatic rings. The first-order valence-corrected chi connectivity index (χ1v) is 14.4. The first kappa shape index (κ1) is 26.8. The number of anilines is 1. The Morgan fingerprint density at radius 2 is 1.88 bits per heavy atom. The predicted molar refractivity (Wildman–Crippen MR) is 152 cm³/mol. The molecule has 11 nitrogen and oxygen atoms in total. The van der Waals surface area contributed by atoms with E-state index >= 15 is 0 Å². The zero-order valence-electron chi connectivity index (χ0n) is 22.6. The van der Waals surface area contributed by atoms with Gasteiger partial charge >= 0.3 is 0 Å². The van der Waals surface area contributed by atoms with Crippen LogP contribution >= 0.6 is 11.3 Å². The highest BCUT2D eigenvalue weighted by molar-refractivity contribution is 7.10. The molecule has 0 spiro atoms. The maximum atomic E-state index is 14.1. The van der Waals surface area contributed by atoms with E-state index in [1.165, 1.54) is 21.0 Å². The SMILES string of the molecule is COc1ccc(-c2nnn(CC(=O)N(c3ccc4c(c3)OCCO4)[C@@H](C(=O)NC3CCCC3)c3cccs3)n2)cc1.